The summed E-state index contributed by atoms with van der Waals surface area (Å²) in [4.78, 5) is 14.4. The number of amides is 1. The van der Waals surface area contributed by atoms with Crippen LogP contribution in [-0.4, -0.2) is 43.6 Å². The summed E-state index contributed by atoms with van der Waals surface area (Å²) in [5.74, 6) is 1.08. The first-order chi connectivity index (χ1) is 13.7. The molecule has 5 nitrogen and oxygen atoms in total. The summed E-state index contributed by atoms with van der Waals surface area (Å²) in [7, 11) is 0. The van der Waals surface area contributed by atoms with Crippen LogP contribution in [0.15, 0.2) is 30.3 Å². The summed E-state index contributed by atoms with van der Waals surface area (Å²) in [5, 5.41) is 5.90. The maximum Gasteiger partial charge on any atom is 0.435 e. The van der Waals surface area contributed by atoms with E-state index in [9.17, 15) is 22.5 Å². The van der Waals surface area contributed by atoms with Crippen molar-refractivity contribution in [2.24, 2.45) is 5.92 Å². The van der Waals surface area contributed by atoms with E-state index in [1.54, 1.807) is 24.3 Å². The smallest absolute Gasteiger partial charge is 0.435 e. The lowest BCUT2D eigenvalue weighted by Crippen LogP contribution is -2.34. The summed E-state index contributed by atoms with van der Waals surface area (Å²) in [6.45, 7) is 0.541. The monoisotopic (exact) mass is 447 g/mol. The van der Waals surface area contributed by atoms with Crippen LogP contribution in [0.4, 0.5) is 13.2 Å². The number of aromatic nitrogens is 2. The van der Waals surface area contributed by atoms with Crippen molar-refractivity contribution in [1.29, 1.82) is 0 Å². The van der Waals surface area contributed by atoms with Crippen LogP contribution in [0.5, 0.6) is 0 Å². The first-order valence-corrected chi connectivity index (χ1v) is 11.1. The van der Waals surface area contributed by atoms with E-state index in [0.717, 1.165) is 18.9 Å². The van der Waals surface area contributed by atoms with Crippen LogP contribution in [0.3, 0.4) is 0 Å². The van der Waals surface area contributed by atoms with Crippen LogP contribution in [0.2, 0.25) is 5.02 Å². The number of carbonyl (C=O) groups is 1. The Morgan fingerprint density at radius 2 is 2.00 bits per heavy atom. The quantitative estimate of drug-likeness (QED) is 0.672. The molecule has 0 unspecified atom stereocenters. The van der Waals surface area contributed by atoms with Gasteiger partial charge >= 0.3 is 6.18 Å². The van der Waals surface area contributed by atoms with Crippen LogP contribution >= 0.6 is 11.6 Å². The van der Waals surface area contributed by atoms with Crippen molar-refractivity contribution in [3.8, 4) is 0 Å². The van der Waals surface area contributed by atoms with Crippen molar-refractivity contribution in [3.63, 3.8) is 0 Å². The normalized spacial score (nSPS) is 19.9. The van der Waals surface area contributed by atoms with Crippen molar-refractivity contribution in [1.82, 2.24) is 15.1 Å². The molecule has 0 saturated carbocycles. The number of nitrogens with zero attached hydrogens (tertiary/aromatic N) is 2. The molecule has 2 heterocycles. The Morgan fingerprint density at radius 3 is 2.62 bits per heavy atom. The highest BCUT2D eigenvalue weighted by Crippen LogP contribution is 2.29. The molecule has 3 rings (SSSR count). The molecule has 1 aliphatic heterocycles. The average Bonchev–Trinajstić information content (AvgIpc) is 3.18. The molecular formula is C19H21ClF3N3O2S. The zero-order valence-electron chi connectivity index (χ0n) is 15.5. The Labute approximate surface area is 174 Å². The molecule has 1 amide bonds. The van der Waals surface area contributed by atoms with Crippen molar-refractivity contribution in [3.05, 3.63) is 52.3 Å². The van der Waals surface area contributed by atoms with Crippen molar-refractivity contribution >= 4 is 28.7 Å². The minimum atomic E-state index is -4.62. The van der Waals surface area contributed by atoms with Crippen LogP contribution in [0.1, 0.15) is 41.0 Å². The lowest BCUT2D eigenvalue weighted by molar-refractivity contribution is -0.141. The van der Waals surface area contributed by atoms with Gasteiger partial charge in [-0.1, -0.05) is 41.0 Å². The Kier molecular flexibility index (Phi) is 7.13. The molecule has 1 N–H and O–H groups in total. The first-order valence-electron chi connectivity index (χ1n) is 9.24. The van der Waals surface area contributed by atoms with E-state index in [1.807, 2.05) is 0 Å². The molecule has 1 aromatic heterocycles. The summed E-state index contributed by atoms with van der Waals surface area (Å²) in [6.07, 6.45) is -2.29. The average molecular weight is 448 g/mol. The Balaban J connectivity index is 1.75. The molecule has 29 heavy (non-hydrogen) atoms. The van der Waals surface area contributed by atoms with Gasteiger partial charge < -0.3 is 9.45 Å². The molecule has 1 aromatic carbocycles. The number of alkyl halides is 3. The third kappa shape index (κ3) is 5.90. The number of benzene rings is 1. The molecule has 0 atom stereocenters. The summed E-state index contributed by atoms with van der Waals surface area (Å²) in [5.41, 5.74) is -0.634. The van der Waals surface area contributed by atoms with Crippen molar-refractivity contribution in [2.45, 2.75) is 32.0 Å². The van der Waals surface area contributed by atoms with Gasteiger partial charge in [0, 0.05) is 24.2 Å². The second-order valence-corrected chi connectivity index (χ2v) is 9.17. The van der Waals surface area contributed by atoms with E-state index < -0.39 is 29.0 Å². The van der Waals surface area contributed by atoms with Crippen LogP contribution in [-0.2, 0) is 23.9 Å². The van der Waals surface area contributed by atoms with Gasteiger partial charge in [-0.2, -0.15) is 18.3 Å². The van der Waals surface area contributed by atoms with E-state index in [2.05, 4.69) is 10.2 Å². The van der Waals surface area contributed by atoms with Gasteiger partial charge in [0.2, 0.25) is 0 Å². The third-order valence-corrected chi connectivity index (χ3v) is 6.77. The van der Waals surface area contributed by atoms with Gasteiger partial charge in [-0.05, 0) is 36.8 Å². The highest BCUT2D eigenvalue weighted by molar-refractivity contribution is 7.91. The highest BCUT2D eigenvalue weighted by atomic mass is 35.5. The Morgan fingerprint density at radius 1 is 1.31 bits per heavy atom. The van der Waals surface area contributed by atoms with Gasteiger partial charge in [0.25, 0.3) is 5.91 Å². The maximum atomic E-state index is 12.9. The number of nitrogens with one attached hydrogen (secondary N) is 1. The van der Waals surface area contributed by atoms with Gasteiger partial charge in [-0.25, -0.2) is 0 Å². The topological polar surface area (TPSA) is 72.0 Å². The molecule has 0 radical (unpaired) electrons. The van der Waals surface area contributed by atoms with E-state index >= 15 is 0 Å². The largest absolute Gasteiger partial charge is 0.616 e. The summed E-state index contributed by atoms with van der Waals surface area (Å²) >= 11 is 5.44. The molecule has 2 aromatic rings. The predicted molar refractivity (Wildman–Crippen MR) is 105 cm³/mol. The van der Waals surface area contributed by atoms with Gasteiger partial charge in [0.1, 0.15) is 17.2 Å². The lowest BCUT2D eigenvalue weighted by Gasteiger charge is -2.28. The number of hydrogen-bond donors (Lipinski definition) is 1. The second kappa shape index (κ2) is 9.40. The fraction of sp³-hybridized carbons (Fsp3) is 0.474. The van der Waals surface area contributed by atoms with Gasteiger partial charge in [0.15, 0.2) is 5.69 Å². The molecule has 158 valence electrons. The molecule has 1 saturated heterocycles. The Bertz CT molecular complexity index is 838. The van der Waals surface area contributed by atoms with Crippen LogP contribution < -0.4 is 0 Å². The van der Waals surface area contributed by atoms with Gasteiger partial charge in [0.05, 0.1) is 0 Å². The minimum absolute atomic E-state index is 0.178. The molecule has 0 bridgehead atoms. The number of H-pyrrole nitrogens is 1. The maximum absolute atomic E-state index is 12.9. The molecular weight excluding hydrogens is 427 g/mol. The number of hydrogen-bond acceptors (Lipinski definition) is 3. The van der Waals surface area contributed by atoms with Crippen molar-refractivity contribution in [2.75, 3.05) is 18.1 Å². The summed E-state index contributed by atoms with van der Waals surface area (Å²) < 4.78 is 50.0. The third-order valence-electron chi connectivity index (χ3n) is 5.02. The number of rotatable bonds is 6. The number of carbonyl (C=O) groups excluding carboxylic acids is 1. The summed E-state index contributed by atoms with van der Waals surface area (Å²) in [6, 6.07) is 7.77. The first kappa shape index (κ1) is 22.0. The minimum Gasteiger partial charge on any atom is -0.616 e. The van der Waals surface area contributed by atoms with E-state index in [0.29, 0.717) is 41.0 Å². The zero-order chi connectivity index (χ0) is 21.0. The second-order valence-electron chi connectivity index (χ2n) is 7.06. The molecule has 0 spiro atoms. The molecule has 10 heteroatoms. The van der Waals surface area contributed by atoms with Crippen molar-refractivity contribution < 1.29 is 22.5 Å². The number of aromatic amines is 1. The van der Waals surface area contributed by atoms with E-state index in [-0.39, 0.29) is 12.2 Å². The molecule has 0 aliphatic carbocycles. The fourth-order valence-corrected chi connectivity index (χ4v) is 4.89. The standard InChI is InChI=1S/C19H21ClF3N3O2S/c20-15-4-2-1-3-14(15)12-26(8-5-13-6-9-29(28)10-7-13)18(27)16-11-17(25-24-16)19(21,22)23/h1-4,11,13H,5-10,12H2,(H,24,25). The fourth-order valence-electron chi connectivity index (χ4n) is 3.30. The number of halogens is 4. The van der Waals surface area contributed by atoms with Gasteiger partial charge in [-0.15, -0.1) is 0 Å². The van der Waals surface area contributed by atoms with Gasteiger partial charge in [-0.3, -0.25) is 9.89 Å². The zero-order valence-corrected chi connectivity index (χ0v) is 17.1. The van der Waals surface area contributed by atoms with Crippen LogP contribution in [0, 0.1) is 5.92 Å². The highest BCUT2D eigenvalue weighted by Gasteiger charge is 2.35. The lowest BCUT2D eigenvalue weighted by atomic mass is 9.98. The SMILES string of the molecule is O=C(c1cc(C(F)(F)F)n[nH]1)N(CCC1CC[S+]([O-])CC1)Cc1ccccc1Cl. The van der Waals surface area contributed by atoms with E-state index in [1.165, 1.54) is 4.90 Å². The Hall–Kier alpha value is -1.71. The molecule has 1 fully saturated rings. The molecule has 1 aliphatic rings. The van der Waals surface area contributed by atoms with E-state index in [4.69, 9.17) is 11.6 Å². The van der Waals surface area contributed by atoms with Crippen LogP contribution in [0.25, 0.3) is 0 Å². The predicted octanol–water partition coefficient (Wildman–Crippen LogP) is 4.27.